The topological polar surface area (TPSA) is 134 Å². The van der Waals surface area contributed by atoms with Gasteiger partial charge in [0.25, 0.3) is 21.5 Å². The Hall–Kier alpha value is -3.69. The number of aryl methyl sites for hydroxylation is 2. The third kappa shape index (κ3) is 6.66. The first-order chi connectivity index (χ1) is 18.4. The van der Waals surface area contributed by atoms with Gasteiger partial charge < -0.3 is 14.2 Å². The van der Waals surface area contributed by atoms with E-state index in [1.807, 2.05) is 0 Å². The maximum absolute atomic E-state index is 13.0. The van der Waals surface area contributed by atoms with Crippen LogP contribution in [-0.2, 0) is 14.8 Å². The van der Waals surface area contributed by atoms with Crippen LogP contribution in [0.15, 0.2) is 45.8 Å². The van der Waals surface area contributed by atoms with Crippen molar-refractivity contribution in [2.45, 2.75) is 30.9 Å². The number of sulfonamides is 1. The van der Waals surface area contributed by atoms with Crippen molar-refractivity contribution in [1.82, 2.24) is 19.4 Å². The number of thiazole rings is 1. The van der Waals surface area contributed by atoms with Gasteiger partial charge in [-0.2, -0.15) is 0 Å². The smallest absolute Gasteiger partial charge is 0.300 e. The molecule has 39 heavy (non-hydrogen) atoms. The summed E-state index contributed by atoms with van der Waals surface area (Å²) in [6.07, 6.45) is 4.22. The van der Waals surface area contributed by atoms with Gasteiger partial charge in [-0.3, -0.25) is 13.9 Å². The van der Waals surface area contributed by atoms with Crippen LogP contribution in [0.5, 0.6) is 11.6 Å². The standard InChI is InChI=1S/C24H25F2N5O6S2/c1-14-23(38-15(2)29-14)39(33,34)30-18-9-17(10-28-21(18)35-4)16-5-6-20-27-11-19(22(32)31(20)12-16)37-8-7-36-13-24(3,25)26/h5-6,9-12,30H,7-8,13H2,1-4H3. The van der Waals surface area contributed by atoms with Gasteiger partial charge in [-0.05, 0) is 32.0 Å². The number of nitrogens with one attached hydrogen (secondary N) is 1. The fraction of sp³-hybridized carbons (Fsp3) is 0.333. The highest BCUT2D eigenvalue weighted by atomic mass is 32.2. The number of ether oxygens (including phenoxy) is 3. The molecule has 0 amide bonds. The molecule has 15 heteroatoms. The summed E-state index contributed by atoms with van der Waals surface area (Å²) in [7, 11) is -2.61. The molecule has 208 valence electrons. The Balaban J connectivity index is 1.61. The molecule has 4 aromatic heterocycles. The molecule has 0 aliphatic carbocycles. The molecule has 4 heterocycles. The van der Waals surface area contributed by atoms with Gasteiger partial charge in [-0.25, -0.2) is 32.2 Å². The monoisotopic (exact) mass is 581 g/mol. The van der Waals surface area contributed by atoms with Crippen molar-refractivity contribution in [1.29, 1.82) is 0 Å². The first-order valence-corrected chi connectivity index (χ1v) is 13.8. The van der Waals surface area contributed by atoms with Gasteiger partial charge in [-0.15, -0.1) is 11.3 Å². The second-order valence-electron chi connectivity index (χ2n) is 8.54. The number of hydrogen-bond acceptors (Lipinski definition) is 10. The molecule has 0 spiro atoms. The molecule has 0 unspecified atom stereocenters. The maximum Gasteiger partial charge on any atom is 0.300 e. The highest BCUT2D eigenvalue weighted by Crippen LogP contribution is 2.32. The Morgan fingerprint density at radius 2 is 1.90 bits per heavy atom. The number of halogens is 2. The van der Waals surface area contributed by atoms with E-state index in [1.165, 1.54) is 36.2 Å². The molecule has 0 bridgehead atoms. The molecule has 0 saturated heterocycles. The molecule has 0 atom stereocenters. The van der Waals surface area contributed by atoms with E-state index in [0.29, 0.717) is 27.5 Å². The van der Waals surface area contributed by atoms with Gasteiger partial charge in [0.05, 0.1) is 30.6 Å². The summed E-state index contributed by atoms with van der Waals surface area (Å²) in [4.78, 5) is 25.6. The Morgan fingerprint density at radius 1 is 1.13 bits per heavy atom. The van der Waals surface area contributed by atoms with Gasteiger partial charge >= 0.3 is 0 Å². The van der Waals surface area contributed by atoms with Crippen molar-refractivity contribution in [3.63, 3.8) is 0 Å². The van der Waals surface area contributed by atoms with Gasteiger partial charge in [-0.1, -0.05) is 0 Å². The minimum atomic E-state index is -3.97. The van der Waals surface area contributed by atoms with Crippen LogP contribution in [0.3, 0.4) is 0 Å². The lowest BCUT2D eigenvalue weighted by molar-refractivity contribution is -0.0664. The minimum absolute atomic E-state index is 0.0552. The lowest BCUT2D eigenvalue weighted by Crippen LogP contribution is -2.22. The number of pyridine rings is 2. The van der Waals surface area contributed by atoms with Crippen LogP contribution < -0.4 is 19.8 Å². The van der Waals surface area contributed by atoms with E-state index < -0.39 is 28.1 Å². The fourth-order valence-electron chi connectivity index (χ4n) is 3.59. The van der Waals surface area contributed by atoms with Crippen LogP contribution in [0.1, 0.15) is 17.6 Å². The molecular weight excluding hydrogens is 556 g/mol. The number of alkyl halides is 2. The Kier molecular flexibility index (Phi) is 8.13. The van der Waals surface area contributed by atoms with Crippen molar-refractivity contribution >= 4 is 32.7 Å². The predicted octanol–water partition coefficient (Wildman–Crippen LogP) is 3.69. The minimum Gasteiger partial charge on any atom is -0.484 e. The Labute approximate surface area is 226 Å². The van der Waals surface area contributed by atoms with E-state index in [2.05, 4.69) is 19.7 Å². The van der Waals surface area contributed by atoms with Crippen molar-refractivity contribution < 1.29 is 31.4 Å². The van der Waals surface area contributed by atoms with Crippen LogP contribution >= 0.6 is 11.3 Å². The average Bonchev–Trinajstić information content (AvgIpc) is 3.22. The summed E-state index contributed by atoms with van der Waals surface area (Å²) in [5, 5.41) is 0.611. The van der Waals surface area contributed by atoms with Crippen LogP contribution in [-0.4, -0.2) is 60.6 Å². The van der Waals surface area contributed by atoms with Gasteiger partial charge in [0.2, 0.25) is 11.6 Å². The zero-order valence-electron chi connectivity index (χ0n) is 21.4. The highest BCUT2D eigenvalue weighted by Gasteiger charge is 2.24. The van der Waals surface area contributed by atoms with E-state index in [1.54, 1.807) is 26.0 Å². The zero-order chi connectivity index (χ0) is 28.4. The van der Waals surface area contributed by atoms with Gasteiger partial charge in [0, 0.05) is 30.4 Å². The molecule has 0 aliphatic heterocycles. The molecule has 4 rings (SSSR count). The second-order valence-corrected chi connectivity index (χ2v) is 11.6. The van der Waals surface area contributed by atoms with E-state index in [0.717, 1.165) is 18.3 Å². The summed E-state index contributed by atoms with van der Waals surface area (Å²) in [5.74, 6) is -3.00. The van der Waals surface area contributed by atoms with Crippen molar-refractivity contribution in [3.05, 3.63) is 57.8 Å². The largest absolute Gasteiger partial charge is 0.484 e. The van der Waals surface area contributed by atoms with Crippen molar-refractivity contribution in [2.24, 2.45) is 0 Å². The normalized spacial score (nSPS) is 12.1. The lowest BCUT2D eigenvalue weighted by atomic mass is 10.1. The molecule has 0 saturated carbocycles. The fourth-order valence-corrected chi connectivity index (χ4v) is 6.12. The van der Waals surface area contributed by atoms with Crippen LogP contribution in [0.2, 0.25) is 0 Å². The molecule has 0 fully saturated rings. The zero-order valence-corrected chi connectivity index (χ0v) is 23.0. The quantitative estimate of drug-likeness (QED) is 0.263. The molecule has 11 nitrogen and oxygen atoms in total. The summed E-state index contributed by atoms with van der Waals surface area (Å²) >= 11 is 1.05. The Bertz CT molecular complexity index is 1670. The highest BCUT2D eigenvalue weighted by molar-refractivity contribution is 7.94. The molecule has 4 aromatic rings. The van der Waals surface area contributed by atoms with E-state index in [-0.39, 0.29) is 34.7 Å². The van der Waals surface area contributed by atoms with Crippen molar-refractivity contribution in [2.75, 3.05) is 31.7 Å². The molecule has 1 N–H and O–H groups in total. The summed E-state index contributed by atoms with van der Waals surface area (Å²) in [6, 6.07) is 4.83. The van der Waals surface area contributed by atoms with E-state index >= 15 is 0 Å². The lowest BCUT2D eigenvalue weighted by Gasteiger charge is -2.13. The summed E-state index contributed by atoms with van der Waals surface area (Å²) < 4.78 is 71.1. The number of methoxy groups -OCH3 is 1. The van der Waals surface area contributed by atoms with Gasteiger partial charge in [0.1, 0.15) is 24.5 Å². The van der Waals surface area contributed by atoms with E-state index in [4.69, 9.17) is 14.2 Å². The van der Waals surface area contributed by atoms with Crippen molar-refractivity contribution in [3.8, 4) is 22.8 Å². The van der Waals surface area contributed by atoms with Crippen LogP contribution in [0, 0.1) is 13.8 Å². The number of rotatable bonds is 11. The molecular formula is C24H25F2N5O6S2. The predicted molar refractivity (Wildman–Crippen MR) is 141 cm³/mol. The SMILES string of the molecule is COc1ncc(-c2ccc3ncc(OCCOCC(C)(F)F)c(=O)n3c2)cc1NS(=O)(=O)c1sc(C)nc1C. The maximum atomic E-state index is 13.0. The van der Waals surface area contributed by atoms with Crippen LogP contribution in [0.4, 0.5) is 14.5 Å². The first kappa shape index (κ1) is 28.3. The number of fused-ring (bicyclic) bond motifs is 1. The number of hydrogen-bond donors (Lipinski definition) is 1. The summed E-state index contributed by atoms with van der Waals surface area (Å²) in [6.45, 7) is 3.05. The first-order valence-electron chi connectivity index (χ1n) is 11.5. The van der Waals surface area contributed by atoms with Crippen LogP contribution in [0.25, 0.3) is 16.8 Å². The average molecular weight is 582 g/mol. The molecule has 0 radical (unpaired) electrons. The van der Waals surface area contributed by atoms with E-state index in [9.17, 15) is 22.0 Å². The molecule has 0 aromatic carbocycles. The number of anilines is 1. The third-order valence-electron chi connectivity index (χ3n) is 5.24. The van der Waals surface area contributed by atoms with Gasteiger partial charge in [0.15, 0.2) is 4.21 Å². The summed E-state index contributed by atoms with van der Waals surface area (Å²) in [5.41, 5.74) is 1.29. The number of aromatic nitrogens is 4. The molecule has 0 aliphatic rings. The second kappa shape index (κ2) is 11.2. The Morgan fingerprint density at radius 3 is 2.56 bits per heavy atom. The number of nitrogens with zero attached hydrogens (tertiary/aromatic N) is 4. The third-order valence-corrected chi connectivity index (χ3v) is 8.29.